The molecule has 1 heterocycles. The molecule has 2 rings (SSSR count). The second-order valence-electron chi connectivity index (χ2n) is 4.81. The minimum atomic E-state index is -0.450. The Morgan fingerprint density at radius 2 is 2.20 bits per heavy atom. The van der Waals surface area contributed by atoms with Gasteiger partial charge in [0.15, 0.2) is 0 Å². The number of ether oxygens (including phenoxy) is 1. The standard InChI is InChI=1S/C14H17IN2O3/c1-9-4-3-5-11(12(9)15)13(18)17-7-6-10(8-17)16-14(19)20-2/h3-5,10H,6-8H2,1-2H3,(H,16,19). The van der Waals surface area contributed by atoms with Crippen LogP contribution in [0.3, 0.4) is 0 Å². The highest BCUT2D eigenvalue weighted by atomic mass is 127. The van der Waals surface area contributed by atoms with E-state index in [-0.39, 0.29) is 11.9 Å². The molecule has 6 heteroatoms. The molecule has 1 aliphatic heterocycles. The molecule has 2 amide bonds. The van der Waals surface area contributed by atoms with E-state index in [4.69, 9.17) is 0 Å². The third-order valence-corrected chi connectivity index (χ3v) is 4.84. The van der Waals surface area contributed by atoms with Crippen molar-refractivity contribution in [1.82, 2.24) is 10.2 Å². The average Bonchev–Trinajstić information content (AvgIpc) is 2.89. The number of aryl methyl sites for hydroxylation is 1. The number of benzene rings is 1. The van der Waals surface area contributed by atoms with E-state index >= 15 is 0 Å². The highest BCUT2D eigenvalue weighted by Crippen LogP contribution is 2.20. The number of nitrogens with one attached hydrogen (secondary N) is 1. The van der Waals surface area contributed by atoms with Gasteiger partial charge in [0, 0.05) is 16.7 Å². The van der Waals surface area contributed by atoms with Gasteiger partial charge in [0.25, 0.3) is 5.91 Å². The van der Waals surface area contributed by atoms with Gasteiger partial charge in [-0.05, 0) is 47.6 Å². The van der Waals surface area contributed by atoms with Crippen LogP contribution in [0.4, 0.5) is 4.79 Å². The van der Waals surface area contributed by atoms with E-state index < -0.39 is 6.09 Å². The van der Waals surface area contributed by atoms with Crippen molar-refractivity contribution in [3.63, 3.8) is 0 Å². The highest BCUT2D eigenvalue weighted by molar-refractivity contribution is 14.1. The topological polar surface area (TPSA) is 58.6 Å². The van der Waals surface area contributed by atoms with Gasteiger partial charge in [0.1, 0.15) is 0 Å². The lowest BCUT2D eigenvalue weighted by molar-refractivity contribution is 0.0787. The van der Waals surface area contributed by atoms with E-state index in [1.807, 2.05) is 25.1 Å². The normalized spacial score (nSPS) is 17.9. The van der Waals surface area contributed by atoms with E-state index in [1.165, 1.54) is 7.11 Å². The number of methoxy groups -OCH3 is 1. The summed E-state index contributed by atoms with van der Waals surface area (Å²) in [7, 11) is 1.34. The highest BCUT2D eigenvalue weighted by Gasteiger charge is 2.29. The summed E-state index contributed by atoms with van der Waals surface area (Å²) in [4.78, 5) is 25.4. The molecule has 0 spiro atoms. The molecule has 0 radical (unpaired) electrons. The molecule has 20 heavy (non-hydrogen) atoms. The lowest BCUT2D eigenvalue weighted by Gasteiger charge is -2.18. The number of hydrogen-bond acceptors (Lipinski definition) is 3. The molecule has 1 aromatic carbocycles. The molecule has 108 valence electrons. The predicted molar refractivity (Wildman–Crippen MR) is 83.7 cm³/mol. The fraction of sp³-hybridized carbons (Fsp3) is 0.429. The molecule has 1 aliphatic rings. The lowest BCUT2D eigenvalue weighted by atomic mass is 10.1. The van der Waals surface area contributed by atoms with Crippen molar-refractivity contribution in [2.75, 3.05) is 20.2 Å². The van der Waals surface area contributed by atoms with Crippen LogP contribution in [0.5, 0.6) is 0 Å². The first-order valence-electron chi connectivity index (χ1n) is 6.41. The number of nitrogens with zero attached hydrogens (tertiary/aromatic N) is 1. The molecular formula is C14H17IN2O3. The van der Waals surface area contributed by atoms with Crippen molar-refractivity contribution in [2.24, 2.45) is 0 Å². The average molecular weight is 388 g/mol. The van der Waals surface area contributed by atoms with E-state index in [1.54, 1.807) is 4.90 Å². The van der Waals surface area contributed by atoms with Gasteiger partial charge in [-0.2, -0.15) is 0 Å². The number of halogens is 1. The van der Waals surface area contributed by atoms with Crippen molar-refractivity contribution >= 4 is 34.6 Å². The van der Waals surface area contributed by atoms with Crippen molar-refractivity contribution in [3.8, 4) is 0 Å². The zero-order valence-corrected chi connectivity index (χ0v) is 13.6. The SMILES string of the molecule is COC(=O)NC1CCN(C(=O)c2cccc(C)c2I)C1. The minimum Gasteiger partial charge on any atom is -0.453 e. The molecule has 0 aliphatic carbocycles. The predicted octanol–water partition coefficient (Wildman–Crippen LogP) is 2.17. The Kier molecular flexibility index (Phi) is 4.85. The molecule has 0 bridgehead atoms. The zero-order chi connectivity index (χ0) is 14.7. The quantitative estimate of drug-likeness (QED) is 0.791. The summed E-state index contributed by atoms with van der Waals surface area (Å²) in [6, 6.07) is 5.70. The van der Waals surface area contributed by atoms with Crippen LogP contribution in [0.1, 0.15) is 22.3 Å². The number of carbonyl (C=O) groups is 2. The van der Waals surface area contributed by atoms with Crippen LogP contribution in [0.25, 0.3) is 0 Å². The van der Waals surface area contributed by atoms with Crippen molar-refractivity contribution < 1.29 is 14.3 Å². The van der Waals surface area contributed by atoms with Crippen molar-refractivity contribution in [2.45, 2.75) is 19.4 Å². The maximum atomic E-state index is 12.5. The Labute approximate surface area is 131 Å². The van der Waals surface area contributed by atoms with Crippen LogP contribution in [-0.2, 0) is 4.74 Å². The van der Waals surface area contributed by atoms with E-state index in [2.05, 4.69) is 32.6 Å². The molecule has 1 atom stereocenters. The number of likely N-dealkylation sites (tertiary alicyclic amines) is 1. The second kappa shape index (κ2) is 6.43. The Balaban J connectivity index is 2.04. The smallest absolute Gasteiger partial charge is 0.407 e. The van der Waals surface area contributed by atoms with Gasteiger partial charge in [-0.1, -0.05) is 12.1 Å². The molecule has 1 N–H and O–H groups in total. The molecule has 1 saturated heterocycles. The van der Waals surface area contributed by atoms with Crippen molar-refractivity contribution in [3.05, 3.63) is 32.9 Å². The first-order chi connectivity index (χ1) is 9.52. The summed E-state index contributed by atoms with van der Waals surface area (Å²) >= 11 is 2.20. The van der Waals surface area contributed by atoms with Gasteiger partial charge < -0.3 is 15.0 Å². The van der Waals surface area contributed by atoms with E-state index in [0.717, 1.165) is 21.1 Å². The van der Waals surface area contributed by atoms with Gasteiger partial charge in [-0.3, -0.25) is 4.79 Å². The maximum Gasteiger partial charge on any atom is 0.407 e. The molecule has 1 unspecified atom stereocenters. The van der Waals surface area contributed by atoms with Crippen LogP contribution in [0, 0.1) is 10.5 Å². The van der Waals surface area contributed by atoms with Crippen LogP contribution in [-0.4, -0.2) is 43.1 Å². The summed E-state index contributed by atoms with van der Waals surface area (Å²) < 4.78 is 5.56. The van der Waals surface area contributed by atoms with Crippen LogP contribution < -0.4 is 5.32 Å². The van der Waals surface area contributed by atoms with Crippen LogP contribution in [0.15, 0.2) is 18.2 Å². The molecule has 5 nitrogen and oxygen atoms in total. The first-order valence-corrected chi connectivity index (χ1v) is 7.49. The summed E-state index contributed by atoms with van der Waals surface area (Å²) in [5.41, 5.74) is 1.82. The molecule has 0 saturated carbocycles. The zero-order valence-electron chi connectivity index (χ0n) is 11.5. The summed E-state index contributed by atoms with van der Waals surface area (Å²) in [6.07, 6.45) is 0.304. The summed E-state index contributed by atoms with van der Waals surface area (Å²) in [5, 5.41) is 2.73. The monoisotopic (exact) mass is 388 g/mol. The van der Waals surface area contributed by atoms with Crippen molar-refractivity contribution in [1.29, 1.82) is 0 Å². The number of amides is 2. The lowest BCUT2D eigenvalue weighted by Crippen LogP contribution is -2.38. The largest absolute Gasteiger partial charge is 0.453 e. The van der Waals surface area contributed by atoms with Gasteiger partial charge in [0.05, 0.1) is 18.7 Å². The Hall–Kier alpha value is -1.31. The van der Waals surface area contributed by atoms with Crippen LogP contribution >= 0.6 is 22.6 Å². The Bertz CT molecular complexity index is 533. The van der Waals surface area contributed by atoms with Crippen LogP contribution in [0.2, 0.25) is 0 Å². The molecule has 1 fully saturated rings. The number of hydrogen-bond donors (Lipinski definition) is 1. The summed E-state index contributed by atoms with van der Waals surface area (Å²) in [5.74, 6) is 0.0206. The fourth-order valence-corrected chi connectivity index (χ4v) is 2.86. The Morgan fingerprint density at radius 1 is 1.45 bits per heavy atom. The van der Waals surface area contributed by atoms with E-state index in [0.29, 0.717) is 13.1 Å². The summed E-state index contributed by atoms with van der Waals surface area (Å²) in [6.45, 7) is 3.17. The molecule has 0 aromatic heterocycles. The number of alkyl carbamates (subject to hydrolysis) is 1. The maximum absolute atomic E-state index is 12.5. The minimum absolute atomic E-state index is 0.0206. The van der Waals surface area contributed by atoms with Gasteiger partial charge in [0.2, 0.25) is 0 Å². The first kappa shape index (κ1) is 15.1. The number of carbonyl (C=O) groups excluding carboxylic acids is 2. The van der Waals surface area contributed by atoms with Gasteiger partial charge in [-0.25, -0.2) is 4.79 Å². The third kappa shape index (κ3) is 3.23. The number of rotatable bonds is 2. The van der Waals surface area contributed by atoms with E-state index in [9.17, 15) is 9.59 Å². The van der Waals surface area contributed by atoms with Gasteiger partial charge >= 0.3 is 6.09 Å². The Morgan fingerprint density at radius 3 is 2.90 bits per heavy atom. The fourth-order valence-electron chi connectivity index (χ4n) is 2.27. The third-order valence-electron chi connectivity index (χ3n) is 3.41. The molecule has 1 aromatic rings. The second-order valence-corrected chi connectivity index (χ2v) is 5.89. The molecular weight excluding hydrogens is 371 g/mol. The van der Waals surface area contributed by atoms with Gasteiger partial charge in [-0.15, -0.1) is 0 Å².